The van der Waals surface area contributed by atoms with E-state index in [1.54, 1.807) is 19.1 Å². The maximum absolute atomic E-state index is 12.3. The van der Waals surface area contributed by atoms with E-state index in [0.717, 1.165) is 0 Å². The summed E-state index contributed by atoms with van der Waals surface area (Å²) in [6.07, 6.45) is 0. The van der Waals surface area contributed by atoms with E-state index >= 15 is 0 Å². The van der Waals surface area contributed by atoms with Gasteiger partial charge in [0.2, 0.25) is 0 Å². The van der Waals surface area contributed by atoms with Gasteiger partial charge in [-0.2, -0.15) is 0 Å². The summed E-state index contributed by atoms with van der Waals surface area (Å²) in [5.74, 6) is -2.17. The number of nitrogens with zero attached hydrogens (tertiary/aromatic N) is 1. The highest BCUT2D eigenvalue weighted by molar-refractivity contribution is 7.85. The van der Waals surface area contributed by atoms with Crippen molar-refractivity contribution in [1.29, 1.82) is 0 Å². The Morgan fingerprint density at radius 3 is 2.46 bits per heavy atom. The van der Waals surface area contributed by atoms with E-state index in [0.29, 0.717) is 0 Å². The van der Waals surface area contributed by atoms with Crippen molar-refractivity contribution >= 4 is 28.4 Å². The van der Waals surface area contributed by atoms with Crippen molar-refractivity contribution in [2.45, 2.75) is 11.8 Å². The van der Waals surface area contributed by atoms with E-state index in [1.807, 2.05) is 0 Å². The third-order valence-electron chi connectivity index (χ3n) is 3.16. The summed E-state index contributed by atoms with van der Waals surface area (Å²) in [5.41, 5.74) is -0.287. The van der Waals surface area contributed by atoms with Crippen molar-refractivity contribution in [2.75, 3.05) is 12.4 Å². The van der Waals surface area contributed by atoms with Crippen LogP contribution in [0.5, 0.6) is 5.75 Å². The molecule has 0 amide bonds. The van der Waals surface area contributed by atoms with Gasteiger partial charge in [0.05, 0.1) is 22.3 Å². The molecule has 0 aliphatic heterocycles. The Balaban J connectivity index is 2.14. The first-order valence-electron chi connectivity index (χ1n) is 7.52. The van der Waals surface area contributed by atoms with Gasteiger partial charge < -0.3 is 9.47 Å². The monoisotopic (exact) mass is 377 g/mol. The lowest BCUT2D eigenvalue weighted by Crippen LogP contribution is -2.19. The molecule has 0 N–H and O–H groups in total. The Kier molecular flexibility index (Phi) is 6.56. The van der Waals surface area contributed by atoms with Crippen LogP contribution in [0.15, 0.2) is 53.4 Å². The normalized spacial score (nSPS) is 11.4. The fraction of sp³-hybridized carbons (Fsp3) is 0.176. The number of ether oxygens (including phenoxy) is 2. The molecule has 0 aliphatic carbocycles. The second-order valence-electron chi connectivity index (χ2n) is 4.91. The number of hydrogen-bond donors (Lipinski definition) is 0. The lowest BCUT2D eigenvalue weighted by Gasteiger charge is -2.09. The minimum atomic E-state index is -1.97. The predicted octanol–water partition coefficient (Wildman–Crippen LogP) is 2.48. The zero-order valence-corrected chi connectivity index (χ0v) is 14.6. The highest BCUT2D eigenvalue weighted by atomic mass is 32.2. The van der Waals surface area contributed by atoms with Gasteiger partial charge in [-0.25, -0.2) is 4.79 Å². The fourth-order valence-electron chi connectivity index (χ4n) is 2.07. The van der Waals surface area contributed by atoms with Gasteiger partial charge >= 0.3 is 11.9 Å². The van der Waals surface area contributed by atoms with Gasteiger partial charge in [0.25, 0.3) is 5.69 Å². The van der Waals surface area contributed by atoms with Gasteiger partial charge in [-0.15, -0.1) is 0 Å². The first-order chi connectivity index (χ1) is 12.4. The molecule has 8 nitrogen and oxygen atoms in total. The largest absolute Gasteiger partial charge is 0.462 e. The summed E-state index contributed by atoms with van der Waals surface area (Å²) < 4.78 is 22.3. The third-order valence-corrected chi connectivity index (χ3v) is 4.50. The number of benzene rings is 2. The number of nitro groups is 1. The molecule has 0 saturated heterocycles. The zero-order chi connectivity index (χ0) is 19.1. The molecule has 0 aliphatic rings. The number of rotatable bonds is 7. The van der Waals surface area contributed by atoms with Crippen LogP contribution in [0.1, 0.15) is 17.3 Å². The molecule has 9 heteroatoms. The smallest absolute Gasteiger partial charge is 0.341 e. The van der Waals surface area contributed by atoms with E-state index in [4.69, 9.17) is 9.47 Å². The summed E-state index contributed by atoms with van der Waals surface area (Å²) in [6.45, 7) is 1.80. The minimum Gasteiger partial charge on any atom is -0.462 e. The molecule has 0 fully saturated rings. The molecule has 0 unspecified atom stereocenters. The molecule has 0 radical (unpaired) electrons. The fourth-order valence-corrected chi connectivity index (χ4v) is 3.11. The average molecular weight is 377 g/mol. The Morgan fingerprint density at radius 2 is 1.77 bits per heavy atom. The summed E-state index contributed by atoms with van der Waals surface area (Å²) in [5, 5.41) is 11.0. The molecule has 136 valence electrons. The van der Waals surface area contributed by atoms with Gasteiger partial charge in [0.15, 0.2) is 0 Å². The summed E-state index contributed by atoms with van der Waals surface area (Å²) in [4.78, 5) is 34.2. The molecule has 0 spiro atoms. The Hall–Kier alpha value is -3.07. The lowest BCUT2D eigenvalue weighted by atomic mass is 10.2. The van der Waals surface area contributed by atoms with E-state index in [2.05, 4.69) is 0 Å². The molecule has 2 aromatic carbocycles. The Morgan fingerprint density at radius 1 is 1.12 bits per heavy atom. The van der Waals surface area contributed by atoms with Crippen LogP contribution in [0.3, 0.4) is 0 Å². The molecule has 0 saturated carbocycles. The first kappa shape index (κ1) is 19.3. The van der Waals surface area contributed by atoms with Crippen LogP contribution in [0.4, 0.5) is 5.69 Å². The summed E-state index contributed by atoms with van der Waals surface area (Å²) >= 11 is 0. The molecular weight excluding hydrogens is 362 g/mol. The molecule has 1 atom stereocenters. The second-order valence-corrected chi connectivity index (χ2v) is 6.32. The molecule has 0 heterocycles. The average Bonchev–Trinajstić information content (AvgIpc) is 2.62. The second kappa shape index (κ2) is 8.86. The molecule has 0 aromatic heterocycles. The van der Waals surface area contributed by atoms with Crippen molar-refractivity contribution in [3.8, 4) is 5.75 Å². The van der Waals surface area contributed by atoms with Crippen molar-refractivity contribution in [1.82, 2.24) is 0 Å². The van der Waals surface area contributed by atoms with Crippen molar-refractivity contribution in [3.63, 3.8) is 0 Å². The third kappa shape index (κ3) is 4.73. The molecule has 26 heavy (non-hydrogen) atoms. The Bertz CT molecular complexity index is 866. The van der Waals surface area contributed by atoms with Crippen molar-refractivity contribution < 1.29 is 28.2 Å². The molecule has 2 rings (SSSR count). The number of carbonyl (C=O) groups is 2. The van der Waals surface area contributed by atoms with Crippen LogP contribution in [-0.4, -0.2) is 33.4 Å². The van der Waals surface area contributed by atoms with Gasteiger partial charge in [-0.1, -0.05) is 24.3 Å². The predicted molar refractivity (Wildman–Crippen MR) is 92.4 cm³/mol. The summed E-state index contributed by atoms with van der Waals surface area (Å²) in [6, 6.07) is 11.4. The molecule has 2 aromatic rings. The van der Waals surface area contributed by atoms with Crippen LogP contribution >= 0.6 is 0 Å². The Labute approximate surface area is 151 Å². The number of nitro benzene ring substituents is 1. The van der Waals surface area contributed by atoms with Gasteiger partial charge in [0, 0.05) is 6.07 Å². The van der Waals surface area contributed by atoms with Crippen molar-refractivity contribution in [2.24, 2.45) is 0 Å². The van der Waals surface area contributed by atoms with Crippen LogP contribution in [0.25, 0.3) is 0 Å². The van der Waals surface area contributed by atoms with E-state index in [9.17, 15) is 23.9 Å². The van der Waals surface area contributed by atoms with E-state index in [1.165, 1.54) is 36.4 Å². The van der Waals surface area contributed by atoms with E-state index in [-0.39, 0.29) is 28.5 Å². The van der Waals surface area contributed by atoms with E-state index < -0.39 is 33.4 Å². The topological polar surface area (TPSA) is 113 Å². The highest BCUT2D eigenvalue weighted by Crippen LogP contribution is 2.23. The van der Waals surface area contributed by atoms with Gasteiger partial charge in [0.1, 0.15) is 22.0 Å². The lowest BCUT2D eigenvalue weighted by molar-refractivity contribution is -0.387. The van der Waals surface area contributed by atoms with Crippen LogP contribution in [0, 0.1) is 10.1 Å². The number of esters is 2. The van der Waals surface area contributed by atoms with Crippen molar-refractivity contribution in [3.05, 3.63) is 64.2 Å². The standard InChI is InChI=1S/C17H15NO7S/c1-2-24-17(20)12-7-3-5-9-14(12)25-16(19)11-26(23)15-10-6-4-8-13(15)18(21)22/h3-10H,2,11H2,1H3/t26-/m0/s1. The zero-order valence-electron chi connectivity index (χ0n) is 13.7. The molecule has 0 bridgehead atoms. The molecular formula is C17H15NO7S. The number of carbonyl (C=O) groups excluding carboxylic acids is 2. The quantitative estimate of drug-likeness (QED) is 0.315. The van der Waals surface area contributed by atoms with Crippen LogP contribution in [-0.2, 0) is 20.3 Å². The van der Waals surface area contributed by atoms with Gasteiger partial charge in [-0.3, -0.25) is 19.1 Å². The minimum absolute atomic E-state index is 0.0319. The highest BCUT2D eigenvalue weighted by Gasteiger charge is 2.22. The maximum Gasteiger partial charge on any atom is 0.341 e. The number of para-hydroxylation sites is 2. The summed E-state index contributed by atoms with van der Waals surface area (Å²) in [7, 11) is -1.97. The first-order valence-corrected chi connectivity index (χ1v) is 8.84. The SMILES string of the molecule is CCOC(=O)c1ccccc1OC(=O)C[S@](=O)c1ccccc1[N+](=O)[O-]. The maximum atomic E-state index is 12.3. The number of hydrogen-bond acceptors (Lipinski definition) is 7. The van der Waals surface area contributed by atoms with Crippen LogP contribution in [0.2, 0.25) is 0 Å². The van der Waals surface area contributed by atoms with Gasteiger partial charge in [-0.05, 0) is 25.1 Å². The van der Waals surface area contributed by atoms with Crippen LogP contribution < -0.4 is 4.74 Å².